The van der Waals surface area contributed by atoms with Crippen LogP contribution in [0.4, 0.5) is 5.69 Å². The number of hydrazine groups is 1. The average Bonchev–Trinajstić information content (AvgIpc) is 2.03. The van der Waals surface area contributed by atoms with Crippen molar-refractivity contribution < 1.29 is 9.90 Å². The molecule has 0 saturated heterocycles. The molecule has 0 heterocycles. The minimum atomic E-state index is -0.843. The van der Waals surface area contributed by atoms with Crippen LogP contribution in [0, 0.1) is 0 Å². The van der Waals surface area contributed by atoms with Gasteiger partial charge in [0, 0.05) is 5.69 Å². The number of carbonyl (C=O) groups is 1. The fourth-order valence-electron chi connectivity index (χ4n) is 0.946. The van der Waals surface area contributed by atoms with Crippen molar-refractivity contribution in [2.75, 3.05) is 5.43 Å². The molecular formula is C8H11ClN2O2. The number of carboxylic acid groups (broad SMARTS) is 1. The minimum Gasteiger partial charge on any atom is -0.481 e. The van der Waals surface area contributed by atoms with Crippen molar-refractivity contribution in [3.05, 3.63) is 29.8 Å². The predicted octanol–water partition coefficient (Wildman–Crippen LogP) is 1.02. The molecule has 0 bridgehead atoms. The number of aliphatic carboxylic acids is 1. The molecule has 0 fully saturated rings. The molecular weight excluding hydrogens is 192 g/mol. The number of halogens is 1. The van der Waals surface area contributed by atoms with Gasteiger partial charge in [-0.2, -0.15) is 0 Å². The number of anilines is 1. The number of benzene rings is 1. The van der Waals surface area contributed by atoms with Crippen molar-refractivity contribution in [2.24, 2.45) is 5.84 Å². The van der Waals surface area contributed by atoms with Gasteiger partial charge in [0.2, 0.25) is 0 Å². The van der Waals surface area contributed by atoms with E-state index in [1.165, 1.54) is 0 Å². The van der Waals surface area contributed by atoms with Gasteiger partial charge in [0.05, 0.1) is 6.42 Å². The second-order valence-electron chi connectivity index (χ2n) is 2.42. The molecule has 0 aliphatic heterocycles. The smallest absolute Gasteiger partial charge is 0.307 e. The summed E-state index contributed by atoms with van der Waals surface area (Å²) in [4.78, 5) is 10.3. The molecule has 0 atom stereocenters. The normalized spacial score (nSPS) is 8.69. The Morgan fingerprint density at radius 1 is 1.54 bits per heavy atom. The number of rotatable bonds is 3. The minimum absolute atomic E-state index is 0. The predicted molar refractivity (Wildman–Crippen MR) is 52.8 cm³/mol. The first-order valence-corrected chi connectivity index (χ1v) is 3.49. The first kappa shape index (κ1) is 11.7. The summed E-state index contributed by atoms with van der Waals surface area (Å²) in [5, 5.41) is 8.48. The molecule has 4 nitrogen and oxygen atoms in total. The van der Waals surface area contributed by atoms with Crippen LogP contribution in [0.15, 0.2) is 24.3 Å². The lowest BCUT2D eigenvalue weighted by atomic mass is 10.1. The Balaban J connectivity index is 0.00000144. The third-order valence-corrected chi connectivity index (χ3v) is 1.45. The third-order valence-electron chi connectivity index (χ3n) is 1.45. The van der Waals surface area contributed by atoms with Gasteiger partial charge in [-0.25, -0.2) is 0 Å². The van der Waals surface area contributed by atoms with Gasteiger partial charge in [-0.3, -0.25) is 10.6 Å². The van der Waals surface area contributed by atoms with E-state index in [1.54, 1.807) is 24.3 Å². The van der Waals surface area contributed by atoms with Crippen molar-refractivity contribution in [2.45, 2.75) is 6.42 Å². The highest BCUT2D eigenvalue weighted by Crippen LogP contribution is 2.09. The lowest BCUT2D eigenvalue weighted by Crippen LogP contribution is -2.07. The molecule has 4 N–H and O–H groups in total. The van der Waals surface area contributed by atoms with Crippen LogP contribution < -0.4 is 11.3 Å². The van der Waals surface area contributed by atoms with Crippen LogP contribution in [0.25, 0.3) is 0 Å². The molecule has 0 aromatic heterocycles. The zero-order valence-corrected chi connectivity index (χ0v) is 7.67. The van der Waals surface area contributed by atoms with Gasteiger partial charge in [0.25, 0.3) is 0 Å². The van der Waals surface area contributed by atoms with E-state index >= 15 is 0 Å². The maximum Gasteiger partial charge on any atom is 0.307 e. The van der Waals surface area contributed by atoms with E-state index in [9.17, 15) is 4.79 Å². The average molecular weight is 203 g/mol. The largest absolute Gasteiger partial charge is 0.481 e. The summed E-state index contributed by atoms with van der Waals surface area (Å²) in [7, 11) is 0. The molecule has 1 aromatic rings. The molecule has 0 saturated carbocycles. The van der Waals surface area contributed by atoms with Crippen molar-refractivity contribution in [1.82, 2.24) is 0 Å². The zero-order valence-electron chi connectivity index (χ0n) is 6.86. The van der Waals surface area contributed by atoms with Crippen molar-refractivity contribution in [1.29, 1.82) is 0 Å². The SMILES string of the molecule is Cl.NNc1cccc(CC(=O)O)c1. The number of hydrogen-bond acceptors (Lipinski definition) is 3. The van der Waals surface area contributed by atoms with Gasteiger partial charge in [-0.15, -0.1) is 12.4 Å². The lowest BCUT2D eigenvalue weighted by molar-refractivity contribution is -0.136. The number of nitrogens with two attached hydrogens (primary N) is 1. The molecule has 0 amide bonds. The fourth-order valence-corrected chi connectivity index (χ4v) is 0.946. The molecule has 0 spiro atoms. The molecule has 0 unspecified atom stereocenters. The van der Waals surface area contributed by atoms with E-state index in [2.05, 4.69) is 5.43 Å². The molecule has 13 heavy (non-hydrogen) atoms. The van der Waals surface area contributed by atoms with Crippen LogP contribution in [0.5, 0.6) is 0 Å². The van der Waals surface area contributed by atoms with Crippen LogP contribution >= 0.6 is 12.4 Å². The monoisotopic (exact) mass is 202 g/mol. The summed E-state index contributed by atoms with van der Waals surface area (Å²) < 4.78 is 0. The standard InChI is InChI=1S/C8H10N2O2.ClH/c9-10-7-3-1-2-6(4-7)5-8(11)12;/h1-4,10H,5,9H2,(H,11,12);1H. The fraction of sp³-hybridized carbons (Fsp3) is 0.125. The van der Waals surface area contributed by atoms with Crippen LogP contribution in [0.1, 0.15) is 5.56 Å². The third kappa shape index (κ3) is 3.78. The van der Waals surface area contributed by atoms with Crippen LogP contribution in [0.2, 0.25) is 0 Å². The van der Waals surface area contributed by atoms with E-state index < -0.39 is 5.97 Å². The van der Waals surface area contributed by atoms with Crippen LogP contribution in [-0.2, 0) is 11.2 Å². The van der Waals surface area contributed by atoms with E-state index in [0.717, 1.165) is 5.56 Å². The highest BCUT2D eigenvalue weighted by atomic mass is 35.5. The van der Waals surface area contributed by atoms with Gasteiger partial charge in [0.1, 0.15) is 0 Å². The first-order chi connectivity index (χ1) is 5.72. The molecule has 0 aliphatic carbocycles. The Hall–Kier alpha value is -1.26. The number of hydrogen-bond donors (Lipinski definition) is 3. The van der Waals surface area contributed by atoms with Gasteiger partial charge in [0.15, 0.2) is 0 Å². The summed E-state index contributed by atoms with van der Waals surface area (Å²) in [5.74, 6) is 4.31. The second kappa shape index (κ2) is 5.40. The second-order valence-corrected chi connectivity index (χ2v) is 2.42. The van der Waals surface area contributed by atoms with Gasteiger partial charge in [-0.1, -0.05) is 12.1 Å². The Morgan fingerprint density at radius 3 is 2.77 bits per heavy atom. The van der Waals surface area contributed by atoms with Crippen molar-refractivity contribution in [3.8, 4) is 0 Å². The zero-order chi connectivity index (χ0) is 8.97. The molecule has 0 aliphatic rings. The Kier molecular flexibility index (Phi) is 4.87. The maximum atomic E-state index is 10.3. The number of nitrogens with one attached hydrogen (secondary N) is 1. The number of nitrogen functional groups attached to an aromatic ring is 1. The summed E-state index contributed by atoms with van der Waals surface area (Å²) >= 11 is 0. The van der Waals surface area contributed by atoms with Crippen molar-refractivity contribution >= 4 is 24.1 Å². The Bertz CT molecular complexity index is 291. The summed E-state index contributed by atoms with van der Waals surface area (Å²) in [5.41, 5.74) is 3.90. The summed E-state index contributed by atoms with van der Waals surface area (Å²) in [6.07, 6.45) is 0.0233. The highest BCUT2D eigenvalue weighted by Gasteiger charge is 1.99. The van der Waals surface area contributed by atoms with E-state index in [0.29, 0.717) is 5.69 Å². The molecule has 1 aromatic carbocycles. The summed E-state index contributed by atoms with van der Waals surface area (Å²) in [6, 6.07) is 6.97. The molecule has 5 heteroatoms. The Labute approximate surface area is 82.1 Å². The quantitative estimate of drug-likeness (QED) is 0.505. The Morgan fingerprint density at radius 2 is 2.23 bits per heavy atom. The molecule has 72 valence electrons. The molecule has 1 rings (SSSR count). The summed E-state index contributed by atoms with van der Waals surface area (Å²) in [6.45, 7) is 0. The number of carboxylic acids is 1. The van der Waals surface area contributed by atoms with E-state index in [4.69, 9.17) is 10.9 Å². The maximum absolute atomic E-state index is 10.3. The van der Waals surface area contributed by atoms with E-state index in [1.807, 2.05) is 0 Å². The van der Waals surface area contributed by atoms with Gasteiger partial charge in [-0.05, 0) is 17.7 Å². The lowest BCUT2D eigenvalue weighted by Gasteiger charge is -2.01. The van der Waals surface area contributed by atoms with Crippen LogP contribution in [-0.4, -0.2) is 11.1 Å². The van der Waals surface area contributed by atoms with Crippen LogP contribution in [0.3, 0.4) is 0 Å². The highest BCUT2D eigenvalue weighted by molar-refractivity contribution is 5.85. The van der Waals surface area contributed by atoms with Gasteiger partial charge >= 0.3 is 5.97 Å². The van der Waals surface area contributed by atoms with Crippen molar-refractivity contribution in [3.63, 3.8) is 0 Å². The molecule has 0 radical (unpaired) electrons. The van der Waals surface area contributed by atoms with Gasteiger partial charge < -0.3 is 10.5 Å². The van der Waals surface area contributed by atoms with E-state index in [-0.39, 0.29) is 18.8 Å². The topological polar surface area (TPSA) is 75.3 Å². The first-order valence-electron chi connectivity index (χ1n) is 3.49.